The Morgan fingerprint density at radius 1 is 1.04 bits per heavy atom. The van der Waals surface area contributed by atoms with Crippen molar-refractivity contribution in [1.29, 1.82) is 0 Å². The van der Waals surface area contributed by atoms with Crippen LogP contribution in [0.5, 0.6) is 11.5 Å². The molecule has 5 nitrogen and oxygen atoms in total. The molecule has 2 aliphatic rings. The number of amides is 1. The number of fused-ring (bicyclic) bond motifs is 4. The van der Waals surface area contributed by atoms with Gasteiger partial charge in [0.25, 0.3) is 5.91 Å². The van der Waals surface area contributed by atoms with Crippen molar-refractivity contribution >= 4 is 11.6 Å². The summed E-state index contributed by atoms with van der Waals surface area (Å²) in [6.45, 7) is 0.726. The second kappa shape index (κ2) is 4.99. The molecule has 1 spiro atoms. The van der Waals surface area contributed by atoms with Gasteiger partial charge < -0.3 is 14.8 Å². The number of nitrogens with one attached hydrogen (secondary N) is 2. The molecule has 0 saturated carbocycles. The van der Waals surface area contributed by atoms with Crippen LogP contribution in [0.2, 0.25) is 0 Å². The van der Waals surface area contributed by atoms with Crippen LogP contribution in [0.3, 0.4) is 0 Å². The highest BCUT2D eigenvalue weighted by atomic mass is 16.5. The van der Waals surface area contributed by atoms with Gasteiger partial charge >= 0.3 is 0 Å². The molecule has 2 heterocycles. The summed E-state index contributed by atoms with van der Waals surface area (Å²) in [7, 11) is 3.23. The van der Waals surface area contributed by atoms with Crippen molar-refractivity contribution in [3.05, 3.63) is 53.1 Å². The van der Waals surface area contributed by atoms with Crippen molar-refractivity contribution in [3.8, 4) is 11.5 Å². The highest BCUT2D eigenvalue weighted by Gasteiger charge is 2.50. The number of rotatable bonds is 2. The van der Waals surface area contributed by atoms with Crippen LogP contribution in [0, 0.1) is 0 Å². The normalized spacial score (nSPS) is 21.6. The van der Waals surface area contributed by atoms with Gasteiger partial charge in [-0.1, -0.05) is 18.2 Å². The van der Waals surface area contributed by atoms with Gasteiger partial charge in [0, 0.05) is 17.8 Å². The number of hydrogen-bond acceptors (Lipinski definition) is 4. The topological polar surface area (TPSA) is 59.6 Å². The largest absolute Gasteiger partial charge is 0.493 e. The van der Waals surface area contributed by atoms with Gasteiger partial charge in [-0.3, -0.25) is 10.1 Å². The number of anilines is 1. The van der Waals surface area contributed by atoms with Gasteiger partial charge in [-0.2, -0.15) is 0 Å². The van der Waals surface area contributed by atoms with Crippen LogP contribution in [-0.2, 0) is 16.8 Å². The Bertz CT molecular complexity index is 803. The van der Waals surface area contributed by atoms with E-state index < -0.39 is 5.54 Å². The maximum absolute atomic E-state index is 12.9. The molecular formula is C18H18N2O3. The van der Waals surface area contributed by atoms with Crippen molar-refractivity contribution in [2.45, 2.75) is 12.0 Å². The summed E-state index contributed by atoms with van der Waals surface area (Å²) in [6.07, 6.45) is 0.840. The fraction of sp³-hybridized carbons (Fsp3) is 0.278. The maximum Gasteiger partial charge on any atom is 0.254 e. The molecule has 2 aromatic rings. The molecule has 4 rings (SSSR count). The third-order valence-electron chi connectivity index (χ3n) is 4.72. The minimum atomic E-state index is -0.857. The Morgan fingerprint density at radius 2 is 1.78 bits per heavy atom. The number of methoxy groups -OCH3 is 2. The first-order chi connectivity index (χ1) is 11.2. The number of ether oxygens (including phenoxy) is 2. The maximum atomic E-state index is 12.9. The predicted molar refractivity (Wildman–Crippen MR) is 87.1 cm³/mol. The summed E-state index contributed by atoms with van der Waals surface area (Å²) in [5.41, 5.74) is 2.99. The molecule has 23 heavy (non-hydrogen) atoms. The first-order valence-electron chi connectivity index (χ1n) is 7.62. The number of para-hydroxylation sites is 1. The zero-order valence-electron chi connectivity index (χ0n) is 13.1. The van der Waals surface area contributed by atoms with E-state index in [9.17, 15) is 4.79 Å². The van der Waals surface area contributed by atoms with E-state index in [2.05, 4.69) is 10.6 Å². The summed E-state index contributed by atoms with van der Waals surface area (Å²) in [5.74, 6) is 1.27. The highest BCUT2D eigenvalue weighted by Crippen LogP contribution is 2.46. The van der Waals surface area contributed by atoms with Crippen molar-refractivity contribution in [3.63, 3.8) is 0 Å². The first-order valence-corrected chi connectivity index (χ1v) is 7.62. The number of carbonyl (C=O) groups is 1. The SMILES string of the molecule is COc1cc2c(cc1OC)[C@]1(NCC2)C(=O)Nc2ccccc21. The zero-order chi connectivity index (χ0) is 16.0. The summed E-state index contributed by atoms with van der Waals surface area (Å²) in [6, 6.07) is 11.7. The van der Waals surface area contributed by atoms with E-state index in [0.29, 0.717) is 11.5 Å². The smallest absolute Gasteiger partial charge is 0.254 e. The van der Waals surface area contributed by atoms with Crippen LogP contribution >= 0.6 is 0 Å². The average Bonchev–Trinajstić information content (AvgIpc) is 2.87. The zero-order valence-corrected chi connectivity index (χ0v) is 13.1. The molecule has 0 unspecified atom stereocenters. The van der Waals surface area contributed by atoms with Gasteiger partial charge in [0.2, 0.25) is 0 Å². The molecule has 0 aromatic heterocycles. The van der Waals surface area contributed by atoms with E-state index in [-0.39, 0.29) is 5.91 Å². The van der Waals surface area contributed by atoms with Gasteiger partial charge in [0.15, 0.2) is 17.0 Å². The molecular weight excluding hydrogens is 292 g/mol. The van der Waals surface area contributed by atoms with E-state index in [4.69, 9.17) is 9.47 Å². The quantitative estimate of drug-likeness (QED) is 0.891. The van der Waals surface area contributed by atoms with Gasteiger partial charge in [0.1, 0.15) is 0 Å². The van der Waals surface area contributed by atoms with Gasteiger partial charge in [0.05, 0.1) is 14.2 Å². The molecule has 5 heteroatoms. The second-order valence-electron chi connectivity index (χ2n) is 5.79. The fourth-order valence-electron chi connectivity index (χ4n) is 3.66. The number of hydrogen-bond donors (Lipinski definition) is 2. The van der Waals surface area contributed by atoms with E-state index in [0.717, 1.165) is 35.3 Å². The molecule has 1 amide bonds. The van der Waals surface area contributed by atoms with E-state index in [1.54, 1.807) is 14.2 Å². The molecule has 0 radical (unpaired) electrons. The number of benzene rings is 2. The lowest BCUT2D eigenvalue weighted by Crippen LogP contribution is -2.52. The number of carbonyl (C=O) groups excluding carboxylic acids is 1. The fourth-order valence-corrected chi connectivity index (χ4v) is 3.66. The monoisotopic (exact) mass is 310 g/mol. The third-order valence-corrected chi connectivity index (χ3v) is 4.72. The summed E-state index contributed by atoms with van der Waals surface area (Å²) in [5, 5.41) is 6.43. The Balaban J connectivity index is 1.99. The molecule has 2 N–H and O–H groups in total. The van der Waals surface area contributed by atoms with Crippen LogP contribution < -0.4 is 20.1 Å². The Labute approximate surface area is 134 Å². The van der Waals surface area contributed by atoms with Crippen LogP contribution in [0.1, 0.15) is 16.7 Å². The Morgan fingerprint density at radius 3 is 2.57 bits per heavy atom. The van der Waals surface area contributed by atoms with Crippen LogP contribution in [0.25, 0.3) is 0 Å². The van der Waals surface area contributed by atoms with Crippen LogP contribution in [0.15, 0.2) is 36.4 Å². The second-order valence-corrected chi connectivity index (χ2v) is 5.79. The molecule has 2 aliphatic heterocycles. The van der Waals surface area contributed by atoms with Gasteiger partial charge in [-0.15, -0.1) is 0 Å². The molecule has 0 fully saturated rings. The Hall–Kier alpha value is -2.53. The van der Waals surface area contributed by atoms with Crippen molar-refractivity contribution in [1.82, 2.24) is 5.32 Å². The third kappa shape index (κ3) is 1.80. The van der Waals surface area contributed by atoms with E-state index in [1.165, 1.54) is 0 Å². The minimum absolute atomic E-state index is 0.0492. The van der Waals surface area contributed by atoms with Crippen LogP contribution in [0.4, 0.5) is 5.69 Å². The first kappa shape index (κ1) is 14.1. The van der Waals surface area contributed by atoms with Gasteiger partial charge in [-0.05, 0) is 35.7 Å². The summed E-state index contributed by atoms with van der Waals surface area (Å²) < 4.78 is 10.8. The summed E-state index contributed by atoms with van der Waals surface area (Å²) in [4.78, 5) is 12.9. The van der Waals surface area contributed by atoms with E-state index >= 15 is 0 Å². The molecule has 118 valence electrons. The average molecular weight is 310 g/mol. The molecule has 0 aliphatic carbocycles. The standard InChI is InChI=1S/C18H18N2O3/c1-22-15-9-11-7-8-19-18(13(11)10-16(15)23-2)12-5-3-4-6-14(12)20-17(18)21/h3-6,9-10,19H,7-8H2,1-2H3,(H,20,21)/t18-/m0/s1. The lowest BCUT2D eigenvalue weighted by molar-refractivity contribution is -0.120. The molecule has 0 bridgehead atoms. The predicted octanol–water partition coefficient (Wildman–Crippen LogP) is 2.05. The molecule has 2 aromatic carbocycles. The highest BCUT2D eigenvalue weighted by molar-refractivity contribution is 6.08. The molecule has 0 saturated heterocycles. The lowest BCUT2D eigenvalue weighted by atomic mass is 9.78. The minimum Gasteiger partial charge on any atom is -0.493 e. The van der Waals surface area contributed by atoms with Crippen LogP contribution in [-0.4, -0.2) is 26.7 Å². The van der Waals surface area contributed by atoms with Crippen molar-refractivity contribution < 1.29 is 14.3 Å². The Kier molecular flexibility index (Phi) is 3.06. The lowest BCUT2D eigenvalue weighted by Gasteiger charge is -2.36. The van der Waals surface area contributed by atoms with E-state index in [1.807, 2.05) is 36.4 Å². The van der Waals surface area contributed by atoms with Crippen molar-refractivity contribution in [2.24, 2.45) is 0 Å². The van der Waals surface area contributed by atoms with Gasteiger partial charge in [-0.25, -0.2) is 0 Å². The summed E-state index contributed by atoms with van der Waals surface area (Å²) >= 11 is 0. The van der Waals surface area contributed by atoms with Crippen molar-refractivity contribution in [2.75, 3.05) is 26.1 Å². The molecule has 1 atom stereocenters.